The maximum absolute atomic E-state index is 12.5. The van der Waals surface area contributed by atoms with E-state index in [1.807, 2.05) is 0 Å². The molecule has 2 heterocycles. The molecule has 0 spiro atoms. The number of hydrogen-bond donors (Lipinski definition) is 2. The Morgan fingerprint density at radius 3 is 2.62 bits per heavy atom. The lowest BCUT2D eigenvalue weighted by molar-refractivity contribution is -0.120. The highest BCUT2D eigenvalue weighted by atomic mass is 35.5. The molecule has 0 saturated carbocycles. The maximum atomic E-state index is 12.5. The highest BCUT2D eigenvalue weighted by Crippen LogP contribution is 2.38. The summed E-state index contributed by atoms with van der Waals surface area (Å²) in [5.41, 5.74) is 0.580. The van der Waals surface area contributed by atoms with E-state index in [9.17, 15) is 4.79 Å². The van der Waals surface area contributed by atoms with Gasteiger partial charge in [0.25, 0.3) is 0 Å². The van der Waals surface area contributed by atoms with E-state index < -0.39 is 0 Å². The van der Waals surface area contributed by atoms with Crippen LogP contribution in [0, 0.1) is 5.92 Å². The zero-order chi connectivity index (χ0) is 15.0. The predicted octanol–water partition coefficient (Wildman–Crippen LogP) is 2.44. The molecular formula is C15H19ClN2O3. The summed E-state index contributed by atoms with van der Waals surface area (Å²) in [6.45, 7) is 0. The molecule has 2 N–H and O–H groups in total. The first-order valence-electron chi connectivity index (χ1n) is 7.10. The van der Waals surface area contributed by atoms with E-state index in [1.54, 1.807) is 26.4 Å². The van der Waals surface area contributed by atoms with Crippen molar-refractivity contribution in [2.75, 3.05) is 19.5 Å². The van der Waals surface area contributed by atoms with E-state index in [1.165, 1.54) is 6.42 Å². The molecule has 3 atom stereocenters. The van der Waals surface area contributed by atoms with Gasteiger partial charge in [-0.15, -0.1) is 0 Å². The van der Waals surface area contributed by atoms with Crippen molar-refractivity contribution >= 4 is 23.2 Å². The van der Waals surface area contributed by atoms with Gasteiger partial charge in [-0.3, -0.25) is 4.79 Å². The quantitative estimate of drug-likeness (QED) is 0.897. The predicted molar refractivity (Wildman–Crippen MR) is 81.2 cm³/mol. The van der Waals surface area contributed by atoms with Crippen molar-refractivity contribution in [2.24, 2.45) is 5.92 Å². The third-order valence-electron chi connectivity index (χ3n) is 4.37. The molecule has 5 nitrogen and oxygen atoms in total. The van der Waals surface area contributed by atoms with Crippen molar-refractivity contribution in [1.29, 1.82) is 0 Å². The van der Waals surface area contributed by atoms with Crippen LogP contribution in [0.3, 0.4) is 0 Å². The van der Waals surface area contributed by atoms with Crippen LogP contribution in [0.4, 0.5) is 5.69 Å². The van der Waals surface area contributed by atoms with Gasteiger partial charge < -0.3 is 20.1 Å². The first-order valence-corrected chi connectivity index (χ1v) is 7.48. The second-order valence-electron chi connectivity index (χ2n) is 5.57. The maximum Gasteiger partial charge on any atom is 0.229 e. The molecule has 3 rings (SSSR count). The number of fused-ring (bicyclic) bond motifs is 2. The van der Waals surface area contributed by atoms with Gasteiger partial charge in [-0.1, -0.05) is 11.6 Å². The number of rotatable bonds is 4. The lowest BCUT2D eigenvalue weighted by Gasteiger charge is -2.20. The van der Waals surface area contributed by atoms with E-state index in [2.05, 4.69) is 10.6 Å². The molecular weight excluding hydrogens is 292 g/mol. The fourth-order valence-electron chi connectivity index (χ4n) is 3.30. The van der Waals surface area contributed by atoms with Crippen LogP contribution in [0.2, 0.25) is 5.02 Å². The van der Waals surface area contributed by atoms with Crippen LogP contribution < -0.4 is 20.1 Å². The lowest BCUT2D eigenvalue weighted by Crippen LogP contribution is -2.32. The van der Waals surface area contributed by atoms with Gasteiger partial charge in [-0.25, -0.2) is 0 Å². The molecule has 2 fully saturated rings. The molecule has 3 unspecified atom stereocenters. The minimum absolute atomic E-state index is 0.0224. The fourth-order valence-corrected chi connectivity index (χ4v) is 3.54. The summed E-state index contributed by atoms with van der Waals surface area (Å²) in [7, 11) is 3.09. The summed E-state index contributed by atoms with van der Waals surface area (Å²) < 4.78 is 10.5. The third-order valence-corrected chi connectivity index (χ3v) is 4.66. The first kappa shape index (κ1) is 14.5. The van der Waals surface area contributed by atoms with Crippen LogP contribution >= 0.6 is 11.6 Å². The van der Waals surface area contributed by atoms with Crippen molar-refractivity contribution < 1.29 is 14.3 Å². The van der Waals surface area contributed by atoms with Crippen LogP contribution in [0.1, 0.15) is 19.3 Å². The van der Waals surface area contributed by atoms with Gasteiger partial charge in [0.15, 0.2) is 0 Å². The number of carbonyl (C=O) groups is 1. The van der Waals surface area contributed by atoms with Crippen molar-refractivity contribution in [3.8, 4) is 11.5 Å². The number of nitrogens with one attached hydrogen (secondary N) is 2. The zero-order valence-corrected chi connectivity index (χ0v) is 12.9. The second-order valence-corrected chi connectivity index (χ2v) is 5.97. The van der Waals surface area contributed by atoms with Crippen molar-refractivity contribution in [2.45, 2.75) is 31.3 Å². The summed E-state index contributed by atoms with van der Waals surface area (Å²) in [5.74, 6) is 1.11. The fraction of sp³-hybridized carbons (Fsp3) is 0.533. The molecule has 1 aromatic rings. The Labute approximate surface area is 128 Å². The molecule has 0 aliphatic carbocycles. The Morgan fingerprint density at radius 2 is 2.05 bits per heavy atom. The Kier molecular flexibility index (Phi) is 3.95. The molecule has 21 heavy (non-hydrogen) atoms. The highest BCUT2D eigenvalue weighted by molar-refractivity contribution is 6.32. The molecule has 2 bridgehead atoms. The first-order chi connectivity index (χ1) is 10.1. The van der Waals surface area contributed by atoms with E-state index in [-0.39, 0.29) is 11.8 Å². The Hall–Kier alpha value is -1.46. The number of methoxy groups -OCH3 is 2. The van der Waals surface area contributed by atoms with Crippen LogP contribution in [-0.4, -0.2) is 32.2 Å². The Balaban J connectivity index is 1.78. The number of anilines is 1. The van der Waals surface area contributed by atoms with Gasteiger partial charge in [-0.2, -0.15) is 0 Å². The van der Waals surface area contributed by atoms with Crippen LogP contribution in [-0.2, 0) is 4.79 Å². The van der Waals surface area contributed by atoms with Crippen molar-refractivity contribution in [1.82, 2.24) is 5.32 Å². The molecule has 2 aliphatic heterocycles. The topological polar surface area (TPSA) is 59.6 Å². The summed E-state index contributed by atoms with van der Waals surface area (Å²) in [5, 5.41) is 6.85. The van der Waals surface area contributed by atoms with E-state index in [4.69, 9.17) is 21.1 Å². The number of benzene rings is 1. The average molecular weight is 311 g/mol. The van der Waals surface area contributed by atoms with Crippen LogP contribution in [0.5, 0.6) is 11.5 Å². The molecule has 1 aromatic carbocycles. The Bertz CT molecular complexity index is 564. The molecule has 2 aliphatic rings. The third kappa shape index (κ3) is 2.68. The largest absolute Gasteiger partial charge is 0.495 e. The molecule has 0 radical (unpaired) electrons. The minimum atomic E-state index is 0.0224. The minimum Gasteiger partial charge on any atom is -0.495 e. The van der Waals surface area contributed by atoms with E-state index in [0.717, 1.165) is 12.8 Å². The number of hydrogen-bond acceptors (Lipinski definition) is 4. The number of ether oxygens (including phenoxy) is 2. The van der Waals surface area contributed by atoms with Gasteiger partial charge in [-0.05, 0) is 25.3 Å². The molecule has 6 heteroatoms. The van der Waals surface area contributed by atoms with E-state index in [0.29, 0.717) is 34.3 Å². The van der Waals surface area contributed by atoms with Gasteiger partial charge in [0, 0.05) is 18.2 Å². The second kappa shape index (κ2) is 5.73. The molecule has 2 saturated heterocycles. The summed E-state index contributed by atoms with van der Waals surface area (Å²) in [4.78, 5) is 12.5. The Morgan fingerprint density at radius 1 is 1.29 bits per heavy atom. The normalized spacial score (nSPS) is 26.7. The van der Waals surface area contributed by atoms with Crippen molar-refractivity contribution in [3.05, 3.63) is 17.2 Å². The van der Waals surface area contributed by atoms with Gasteiger partial charge >= 0.3 is 0 Å². The standard InChI is InChI=1S/C15H19ClN2O3/c1-20-13-7-14(21-2)12(6-10(13)16)18-15(19)9-5-8-3-4-11(9)17-8/h6-9,11,17H,3-5H2,1-2H3,(H,18,19). The van der Waals surface area contributed by atoms with Crippen molar-refractivity contribution in [3.63, 3.8) is 0 Å². The zero-order valence-electron chi connectivity index (χ0n) is 12.1. The van der Waals surface area contributed by atoms with Crippen LogP contribution in [0.25, 0.3) is 0 Å². The summed E-state index contributed by atoms with van der Waals surface area (Å²) in [6.07, 6.45) is 3.15. The number of halogens is 1. The lowest BCUT2D eigenvalue weighted by atomic mass is 9.88. The SMILES string of the molecule is COc1cc(OC)c(NC(=O)C2CC3CCC2N3)cc1Cl. The van der Waals surface area contributed by atoms with Crippen LogP contribution in [0.15, 0.2) is 12.1 Å². The average Bonchev–Trinajstić information content (AvgIpc) is 3.10. The van der Waals surface area contributed by atoms with Gasteiger partial charge in [0.1, 0.15) is 11.5 Å². The van der Waals surface area contributed by atoms with Gasteiger partial charge in [0.05, 0.1) is 30.8 Å². The van der Waals surface area contributed by atoms with E-state index >= 15 is 0 Å². The molecule has 114 valence electrons. The summed E-state index contributed by atoms with van der Waals surface area (Å²) in [6, 6.07) is 4.14. The monoisotopic (exact) mass is 310 g/mol. The smallest absolute Gasteiger partial charge is 0.229 e. The number of amides is 1. The van der Waals surface area contributed by atoms with Gasteiger partial charge in [0.2, 0.25) is 5.91 Å². The molecule has 1 amide bonds. The highest BCUT2D eigenvalue weighted by Gasteiger charge is 2.42. The molecule has 0 aromatic heterocycles. The summed E-state index contributed by atoms with van der Waals surface area (Å²) >= 11 is 6.12. The number of carbonyl (C=O) groups excluding carboxylic acids is 1.